The zero-order chi connectivity index (χ0) is 17.4. The first-order chi connectivity index (χ1) is 11.6. The van der Waals surface area contributed by atoms with Gasteiger partial charge in [0.15, 0.2) is 6.61 Å². The maximum Gasteiger partial charge on any atom is 0.258 e. The second-order valence-corrected chi connectivity index (χ2v) is 5.04. The van der Waals surface area contributed by atoms with Crippen molar-refractivity contribution in [3.8, 4) is 11.5 Å². The summed E-state index contributed by atoms with van der Waals surface area (Å²) >= 11 is 5.72. The molecule has 0 aliphatic heterocycles. The van der Waals surface area contributed by atoms with Crippen molar-refractivity contribution in [3.05, 3.63) is 47.7 Å². The van der Waals surface area contributed by atoms with Gasteiger partial charge in [-0.15, -0.1) is 0 Å². The van der Waals surface area contributed by atoms with E-state index in [1.807, 2.05) is 0 Å². The molecule has 24 heavy (non-hydrogen) atoms. The molecule has 0 aliphatic carbocycles. The molecule has 0 radical (unpaired) electrons. The van der Waals surface area contributed by atoms with Gasteiger partial charge < -0.3 is 20.1 Å². The second kappa shape index (κ2) is 8.73. The first-order valence-corrected chi connectivity index (χ1v) is 7.39. The van der Waals surface area contributed by atoms with Crippen LogP contribution >= 0.6 is 11.6 Å². The summed E-state index contributed by atoms with van der Waals surface area (Å²) in [6.07, 6.45) is 1.47. The van der Waals surface area contributed by atoms with Crippen molar-refractivity contribution in [2.45, 2.75) is 0 Å². The first-order valence-electron chi connectivity index (χ1n) is 7.02. The second-order valence-electron chi connectivity index (χ2n) is 4.66. The summed E-state index contributed by atoms with van der Waals surface area (Å²) < 4.78 is 10.3. The highest BCUT2D eigenvalue weighted by atomic mass is 35.5. The number of amides is 2. The molecule has 1 aromatic carbocycles. The van der Waals surface area contributed by atoms with Crippen LogP contribution in [0.4, 0.5) is 5.69 Å². The van der Waals surface area contributed by atoms with Crippen molar-refractivity contribution in [3.63, 3.8) is 0 Å². The minimum atomic E-state index is -0.409. The summed E-state index contributed by atoms with van der Waals surface area (Å²) in [5, 5.41) is 5.32. The lowest BCUT2D eigenvalue weighted by molar-refractivity contribution is -0.125. The standard InChI is InChI=1S/C16H16ClN3O4/c1-23-12-2-4-13(5-3-12)24-10-16(22)19-9-15(21)20-11-6-7-18-14(17)8-11/h2-8H,9-10H2,1H3,(H,19,22)(H,18,20,21). The molecule has 0 unspecified atom stereocenters. The van der Waals surface area contributed by atoms with Crippen LogP contribution in [0.15, 0.2) is 42.6 Å². The number of ether oxygens (including phenoxy) is 2. The molecular weight excluding hydrogens is 334 g/mol. The summed E-state index contributed by atoms with van der Waals surface area (Å²) in [5.74, 6) is 0.435. The number of nitrogens with one attached hydrogen (secondary N) is 2. The Bertz CT molecular complexity index is 707. The van der Waals surface area contributed by atoms with Crippen LogP contribution in [0, 0.1) is 0 Å². The summed E-state index contributed by atoms with van der Waals surface area (Å²) in [6, 6.07) is 9.92. The van der Waals surface area contributed by atoms with E-state index in [1.54, 1.807) is 37.4 Å². The highest BCUT2D eigenvalue weighted by Gasteiger charge is 2.07. The van der Waals surface area contributed by atoms with Gasteiger partial charge in [-0.2, -0.15) is 0 Å². The Morgan fingerprint density at radius 3 is 2.50 bits per heavy atom. The number of anilines is 1. The van der Waals surface area contributed by atoms with Gasteiger partial charge in [0.25, 0.3) is 5.91 Å². The maximum absolute atomic E-state index is 11.7. The Balaban J connectivity index is 1.71. The van der Waals surface area contributed by atoms with Crippen LogP contribution in [-0.4, -0.2) is 37.1 Å². The van der Waals surface area contributed by atoms with Crippen LogP contribution in [0.3, 0.4) is 0 Å². The topological polar surface area (TPSA) is 89.5 Å². The van der Waals surface area contributed by atoms with Crippen molar-refractivity contribution in [1.29, 1.82) is 0 Å². The Morgan fingerprint density at radius 1 is 1.12 bits per heavy atom. The van der Waals surface area contributed by atoms with E-state index >= 15 is 0 Å². The Morgan fingerprint density at radius 2 is 1.83 bits per heavy atom. The molecule has 0 bridgehead atoms. The van der Waals surface area contributed by atoms with Gasteiger partial charge in [0, 0.05) is 11.9 Å². The molecule has 7 nitrogen and oxygen atoms in total. The average molecular weight is 350 g/mol. The molecule has 2 aromatic rings. The van der Waals surface area contributed by atoms with Gasteiger partial charge in [0.2, 0.25) is 5.91 Å². The number of rotatable bonds is 7. The van der Waals surface area contributed by atoms with E-state index in [0.29, 0.717) is 17.2 Å². The number of aromatic nitrogens is 1. The molecule has 2 rings (SSSR count). The van der Waals surface area contributed by atoms with E-state index < -0.39 is 5.91 Å². The molecule has 2 N–H and O–H groups in total. The number of carbonyl (C=O) groups is 2. The van der Waals surface area contributed by atoms with Crippen LogP contribution < -0.4 is 20.1 Å². The highest BCUT2D eigenvalue weighted by Crippen LogP contribution is 2.16. The first kappa shape index (κ1) is 17.6. The fourth-order valence-corrected chi connectivity index (χ4v) is 1.91. The van der Waals surface area contributed by atoms with Crippen molar-refractivity contribution < 1.29 is 19.1 Å². The predicted molar refractivity (Wildman–Crippen MR) is 89.4 cm³/mol. The monoisotopic (exact) mass is 349 g/mol. The van der Waals surface area contributed by atoms with Crippen LogP contribution in [0.2, 0.25) is 5.15 Å². The predicted octanol–water partition coefficient (Wildman–Crippen LogP) is 1.88. The van der Waals surface area contributed by atoms with Gasteiger partial charge in [-0.3, -0.25) is 9.59 Å². The van der Waals surface area contributed by atoms with Crippen LogP contribution in [0.5, 0.6) is 11.5 Å². The summed E-state index contributed by atoms with van der Waals surface area (Å²) in [4.78, 5) is 27.2. The molecule has 8 heteroatoms. The van der Waals surface area contributed by atoms with Gasteiger partial charge in [-0.1, -0.05) is 11.6 Å². The Hall–Kier alpha value is -2.80. The van der Waals surface area contributed by atoms with Crippen LogP contribution in [0.25, 0.3) is 0 Å². The van der Waals surface area contributed by atoms with E-state index in [9.17, 15) is 9.59 Å². The fourth-order valence-electron chi connectivity index (χ4n) is 1.74. The highest BCUT2D eigenvalue weighted by molar-refractivity contribution is 6.29. The molecule has 0 spiro atoms. The quantitative estimate of drug-likeness (QED) is 0.745. The number of halogens is 1. The minimum absolute atomic E-state index is 0.176. The molecule has 0 atom stereocenters. The SMILES string of the molecule is COc1ccc(OCC(=O)NCC(=O)Nc2ccnc(Cl)c2)cc1. The van der Waals surface area contributed by atoms with Gasteiger partial charge in [-0.05, 0) is 36.4 Å². The van der Waals surface area contributed by atoms with Crippen molar-refractivity contribution in [2.24, 2.45) is 0 Å². The normalized spacial score (nSPS) is 9.92. The van der Waals surface area contributed by atoms with Gasteiger partial charge in [0.1, 0.15) is 16.7 Å². The third kappa shape index (κ3) is 5.77. The van der Waals surface area contributed by atoms with E-state index in [0.717, 1.165) is 0 Å². The van der Waals surface area contributed by atoms with Crippen LogP contribution in [-0.2, 0) is 9.59 Å². The number of nitrogens with zero attached hydrogens (tertiary/aromatic N) is 1. The molecule has 0 saturated heterocycles. The number of benzene rings is 1. The number of carbonyl (C=O) groups excluding carboxylic acids is 2. The lowest BCUT2D eigenvalue weighted by atomic mass is 10.3. The zero-order valence-corrected chi connectivity index (χ0v) is 13.7. The summed E-state index contributed by atoms with van der Waals surface area (Å²) in [7, 11) is 1.56. The molecule has 0 saturated carbocycles. The van der Waals surface area contributed by atoms with Gasteiger partial charge >= 0.3 is 0 Å². The Kier molecular flexibility index (Phi) is 6.39. The lowest BCUT2D eigenvalue weighted by Crippen LogP contribution is -2.35. The van der Waals surface area contributed by atoms with Crippen LogP contribution in [0.1, 0.15) is 0 Å². The molecular formula is C16H16ClN3O4. The molecule has 1 aromatic heterocycles. The summed E-state index contributed by atoms with van der Waals surface area (Å²) in [5.41, 5.74) is 0.503. The van der Waals surface area contributed by atoms with E-state index in [1.165, 1.54) is 12.3 Å². The van der Waals surface area contributed by atoms with Crippen molar-refractivity contribution in [2.75, 3.05) is 25.6 Å². The Labute approximate surface area is 143 Å². The van der Waals surface area contributed by atoms with E-state index in [-0.39, 0.29) is 24.2 Å². The number of methoxy groups -OCH3 is 1. The summed E-state index contributed by atoms with van der Waals surface area (Å²) in [6.45, 7) is -0.370. The maximum atomic E-state index is 11.7. The van der Waals surface area contributed by atoms with Gasteiger partial charge in [0.05, 0.1) is 13.7 Å². The number of hydrogen-bond donors (Lipinski definition) is 2. The molecule has 0 aliphatic rings. The molecule has 126 valence electrons. The van der Waals surface area contributed by atoms with Crippen molar-refractivity contribution >= 4 is 29.1 Å². The average Bonchev–Trinajstić information content (AvgIpc) is 2.58. The van der Waals surface area contributed by atoms with E-state index in [2.05, 4.69) is 15.6 Å². The van der Waals surface area contributed by atoms with E-state index in [4.69, 9.17) is 21.1 Å². The number of hydrogen-bond acceptors (Lipinski definition) is 5. The molecule has 1 heterocycles. The van der Waals surface area contributed by atoms with Crippen molar-refractivity contribution in [1.82, 2.24) is 10.3 Å². The third-order valence-electron chi connectivity index (χ3n) is 2.89. The molecule has 2 amide bonds. The zero-order valence-electron chi connectivity index (χ0n) is 12.9. The largest absolute Gasteiger partial charge is 0.497 e. The smallest absolute Gasteiger partial charge is 0.258 e. The third-order valence-corrected chi connectivity index (χ3v) is 3.09. The van der Waals surface area contributed by atoms with Gasteiger partial charge in [-0.25, -0.2) is 4.98 Å². The lowest BCUT2D eigenvalue weighted by Gasteiger charge is -2.09. The fraction of sp³-hybridized carbons (Fsp3) is 0.188. The number of pyridine rings is 1. The minimum Gasteiger partial charge on any atom is -0.497 e. The molecule has 0 fully saturated rings.